The summed E-state index contributed by atoms with van der Waals surface area (Å²) in [5.41, 5.74) is 5.65. The van der Waals surface area contributed by atoms with E-state index in [-0.39, 0.29) is 5.91 Å². The van der Waals surface area contributed by atoms with Gasteiger partial charge in [0, 0.05) is 17.7 Å². The highest BCUT2D eigenvalue weighted by Gasteiger charge is 2.18. The minimum atomic E-state index is -0.504. The first-order chi connectivity index (χ1) is 11.2. The van der Waals surface area contributed by atoms with E-state index >= 15 is 0 Å². The monoisotopic (exact) mass is 308 g/mol. The summed E-state index contributed by atoms with van der Waals surface area (Å²) in [6.07, 6.45) is 2.48. The molecule has 3 N–H and O–H groups in total. The van der Waals surface area contributed by atoms with Crippen molar-refractivity contribution >= 4 is 23.6 Å². The van der Waals surface area contributed by atoms with Crippen LogP contribution in [-0.4, -0.2) is 17.0 Å². The summed E-state index contributed by atoms with van der Waals surface area (Å²) < 4.78 is 0. The molecule has 3 rings (SSSR count). The van der Waals surface area contributed by atoms with Crippen LogP contribution in [0.15, 0.2) is 54.1 Å². The molecule has 0 aliphatic heterocycles. The predicted octanol–water partition coefficient (Wildman–Crippen LogP) is 2.31. The molecule has 0 unspecified atom stereocenters. The van der Waals surface area contributed by atoms with Gasteiger partial charge in [-0.1, -0.05) is 36.4 Å². The number of hydrogen-bond acceptors (Lipinski definition) is 3. The van der Waals surface area contributed by atoms with Gasteiger partial charge in [-0.2, -0.15) is 0 Å². The number of fused-ring (bicyclic) bond motifs is 1. The SMILES string of the molecule is O=C(Cc1ccccc1)Nc1ccc2c(c1)CC(C(=O)NO)=C2. The average Bonchev–Trinajstić information content (AvgIpc) is 2.98. The van der Waals surface area contributed by atoms with Crippen LogP contribution in [0.25, 0.3) is 6.08 Å². The second-order valence-electron chi connectivity index (χ2n) is 5.41. The fourth-order valence-electron chi connectivity index (χ4n) is 2.63. The van der Waals surface area contributed by atoms with Crippen molar-refractivity contribution < 1.29 is 14.8 Å². The first kappa shape index (κ1) is 15.0. The van der Waals surface area contributed by atoms with Crippen molar-refractivity contribution in [3.8, 4) is 0 Å². The van der Waals surface area contributed by atoms with Crippen molar-refractivity contribution in [3.05, 3.63) is 70.8 Å². The van der Waals surface area contributed by atoms with Gasteiger partial charge < -0.3 is 5.32 Å². The van der Waals surface area contributed by atoms with E-state index in [1.165, 1.54) is 0 Å². The van der Waals surface area contributed by atoms with E-state index in [4.69, 9.17) is 5.21 Å². The molecule has 23 heavy (non-hydrogen) atoms. The lowest BCUT2D eigenvalue weighted by atomic mass is 10.1. The second-order valence-corrected chi connectivity index (χ2v) is 5.41. The smallest absolute Gasteiger partial charge is 0.270 e. The van der Waals surface area contributed by atoms with E-state index < -0.39 is 5.91 Å². The summed E-state index contributed by atoms with van der Waals surface area (Å²) in [4.78, 5) is 23.5. The zero-order chi connectivity index (χ0) is 16.2. The number of hydrogen-bond donors (Lipinski definition) is 3. The van der Waals surface area contributed by atoms with Crippen LogP contribution in [0.4, 0.5) is 5.69 Å². The van der Waals surface area contributed by atoms with Crippen LogP contribution in [0.3, 0.4) is 0 Å². The molecule has 2 aromatic rings. The highest BCUT2D eigenvalue weighted by molar-refractivity contribution is 6.00. The number of carbonyl (C=O) groups is 2. The van der Waals surface area contributed by atoms with Crippen molar-refractivity contribution in [2.45, 2.75) is 12.8 Å². The van der Waals surface area contributed by atoms with Crippen LogP contribution >= 0.6 is 0 Å². The molecule has 116 valence electrons. The van der Waals surface area contributed by atoms with Crippen LogP contribution in [0.2, 0.25) is 0 Å². The van der Waals surface area contributed by atoms with Crippen molar-refractivity contribution in [1.29, 1.82) is 0 Å². The van der Waals surface area contributed by atoms with Gasteiger partial charge >= 0.3 is 0 Å². The van der Waals surface area contributed by atoms with Gasteiger partial charge in [0.1, 0.15) is 0 Å². The highest BCUT2D eigenvalue weighted by Crippen LogP contribution is 2.27. The molecule has 1 aliphatic carbocycles. The lowest BCUT2D eigenvalue weighted by Crippen LogP contribution is -2.20. The Morgan fingerprint density at radius 2 is 1.87 bits per heavy atom. The molecule has 0 bridgehead atoms. The maximum Gasteiger partial charge on any atom is 0.270 e. The molecular weight excluding hydrogens is 292 g/mol. The third-order valence-electron chi connectivity index (χ3n) is 3.74. The van der Waals surface area contributed by atoms with E-state index in [0.29, 0.717) is 24.1 Å². The summed E-state index contributed by atoms with van der Waals surface area (Å²) in [6, 6.07) is 15.0. The largest absolute Gasteiger partial charge is 0.326 e. The van der Waals surface area contributed by atoms with Gasteiger partial charge in [0.15, 0.2) is 0 Å². The molecule has 2 amide bonds. The highest BCUT2D eigenvalue weighted by atomic mass is 16.5. The predicted molar refractivity (Wildman–Crippen MR) is 86.8 cm³/mol. The summed E-state index contributed by atoms with van der Waals surface area (Å²) in [5, 5.41) is 11.6. The Morgan fingerprint density at radius 1 is 1.09 bits per heavy atom. The van der Waals surface area contributed by atoms with Gasteiger partial charge in [0.25, 0.3) is 5.91 Å². The number of anilines is 1. The van der Waals surface area contributed by atoms with Gasteiger partial charge in [-0.05, 0) is 34.9 Å². The average molecular weight is 308 g/mol. The Labute approximate surface area is 133 Å². The van der Waals surface area contributed by atoms with E-state index in [2.05, 4.69) is 5.32 Å². The molecule has 0 radical (unpaired) electrons. The number of nitrogens with one attached hydrogen (secondary N) is 2. The minimum absolute atomic E-state index is 0.0876. The molecular formula is C18H16N2O3. The minimum Gasteiger partial charge on any atom is -0.326 e. The van der Waals surface area contributed by atoms with Gasteiger partial charge in [-0.25, -0.2) is 5.48 Å². The molecule has 5 nitrogen and oxygen atoms in total. The van der Waals surface area contributed by atoms with E-state index in [9.17, 15) is 9.59 Å². The van der Waals surface area contributed by atoms with Crippen LogP contribution < -0.4 is 10.8 Å². The Morgan fingerprint density at radius 3 is 2.61 bits per heavy atom. The van der Waals surface area contributed by atoms with Gasteiger partial charge in [-0.15, -0.1) is 0 Å². The molecule has 0 spiro atoms. The summed E-state index contributed by atoms with van der Waals surface area (Å²) in [6.45, 7) is 0. The molecule has 0 atom stereocenters. The quantitative estimate of drug-likeness (QED) is 0.599. The third kappa shape index (κ3) is 3.46. The molecule has 0 saturated heterocycles. The van der Waals surface area contributed by atoms with Gasteiger partial charge in [-0.3, -0.25) is 14.8 Å². The van der Waals surface area contributed by atoms with Crippen molar-refractivity contribution in [2.75, 3.05) is 5.32 Å². The standard InChI is InChI=1S/C18H16N2O3/c21-17(8-12-4-2-1-3-5-12)19-16-7-6-13-9-15(18(22)20-23)10-14(13)11-16/h1-7,9,11,23H,8,10H2,(H,19,21)(H,20,22). The number of benzene rings is 2. The van der Waals surface area contributed by atoms with Crippen molar-refractivity contribution in [1.82, 2.24) is 5.48 Å². The summed E-state index contributed by atoms with van der Waals surface area (Å²) in [7, 11) is 0. The molecule has 5 heteroatoms. The molecule has 0 aromatic heterocycles. The zero-order valence-corrected chi connectivity index (χ0v) is 12.4. The maximum absolute atomic E-state index is 12.1. The molecule has 2 aromatic carbocycles. The number of rotatable bonds is 4. The Kier molecular flexibility index (Phi) is 4.21. The van der Waals surface area contributed by atoms with Gasteiger partial charge in [0.05, 0.1) is 6.42 Å². The maximum atomic E-state index is 12.1. The molecule has 1 aliphatic rings. The lowest BCUT2D eigenvalue weighted by molar-refractivity contribution is -0.125. The summed E-state index contributed by atoms with van der Waals surface area (Å²) >= 11 is 0. The number of amides is 2. The van der Waals surface area contributed by atoms with E-state index in [0.717, 1.165) is 16.7 Å². The van der Waals surface area contributed by atoms with Gasteiger partial charge in [0.2, 0.25) is 5.91 Å². The fourth-order valence-corrected chi connectivity index (χ4v) is 2.63. The Balaban J connectivity index is 1.66. The molecule has 0 heterocycles. The first-order valence-electron chi connectivity index (χ1n) is 7.27. The normalized spacial score (nSPS) is 12.3. The third-order valence-corrected chi connectivity index (χ3v) is 3.74. The van der Waals surface area contributed by atoms with Crippen molar-refractivity contribution in [3.63, 3.8) is 0 Å². The molecule has 0 fully saturated rings. The Hall–Kier alpha value is -2.92. The van der Waals surface area contributed by atoms with Crippen LogP contribution in [-0.2, 0) is 22.4 Å². The second kappa shape index (κ2) is 6.46. The van der Waals surface area contributed by atoms with Crippen LogP contribution in [0.1, 0.15) is 16.7 Å². The van der Waals surface area contributed by atoms with E-state index in [1.807, 2.05) is 42.5 Å². The summed E-state index contributed by atoms with van der Waals surface area (Å²) in [5.74, 6) is -0.591. The lowest BCUT2D eigenvalue weighted by Gasteiger charge is -2.07. The Bertz CT molecular complexity index is 782. The fraction of sp³-hybridized carbons (Fsp3) is 0.111. The van der Waals surface area contributed by atoms with Crippen LogP contribution in [0.5, 0.6) is 0 Å². The molecule has 0 saturated carbocycles. The van der Waals surface area contributed by atoms with E-state index in [1.54, 1.807) is 17.6 Å². The zero-order valence-electron chi connectivity index (χ0n) is 12.4. The topological polar surface area (TPSA) is 78.4 Å². The number of carbonyl (C=O) groups excluding carboxylic acids is 2. The first-order valence-corrected chi connectivity index (χ1v) is 7.27. The van der Waals surface area contributed by atoms with Crippen LogP contribution in [0, 0.1) is 0 Å². The number of hydroxylamine groups is 1. The van der Waals surface area contributed by atoms with Crippen molar-refractivity contribution in [2.24, 2.45) is 0 Å².